The largest absolute Gasteiger partial charge is 0.378 e. The lowest BCUT2D eigenvalue weighted by molar-refractivity contribution is -0.00270. The third kappa shape index (κ3) is 2.99. The summed E-state index contributed by atoms with van der Waals surface area (Å²) in [6, 6.07) is 10.5. The molecule has 0 amide bonds. The maximum atomic E-state index is 5.84. The van der Waals surface area contributed by atoms with Gasteiger partial charge in [-0.3, -0.25) is 0 Å². The maximum Gasteiger partial charge on any atom is 0.0575 e. The van der Waals surface area contributed by atoms with Crippen LogP contribution in [0.25, 0.3) is 0 Å². The van der Waals surface area contributed by atoms with Crippen LogP contribution in [0.15, 0.2) is 30.3 Å². The first-order chi connectivity index (χ1) is 7.40. The number of rotatable bonds is 5. The summed E-state index contributed by atoms with van der Waals surface area (Å²) in [7, 11) is 0. The number of benzene rings is 1. The number of thiol groups is 1. The van der Waals surface area contributed by atoms with E-state index >= 15 is 0 Å². The molecule has 0 saturated heterocycles. The van der Waals surface area contributed by atoms with Gasteiger partial charge in [0.05, 0.1) is 12.7 Å². The molecule has 2 rings (SSSR count). The molecule has 1 fully saturated rings. The Morgan fingerprint density at radius 3 is 2.53 bits per heavy atom. The molecule has 0 aromatic heterocycles. The van der Waals surface area contributed by atoms with Crippen molar-refractivity contribution in [3.8, 4) is 0 Å². The van der Waals surface area contributed by atoms with Crippen LogP contribution in [-0.2, 0) is 4.74 Å². The molecule has 1 aromatic carbocycles. The molecule has 0 aliphatic heterocycles. The number of hydrogen-bond acceptors (Lipinski definition) is 2. The van der Waals surface area contributed by atoms with Gasteiger partial charge in [0.2, 0.25) is 0 Å². The quantitative estimate of drug-likeness (QED) is 0.752. The van der Waals surface area contributed by atoms with Gasteiger partial charge in [0.1, 0.15) is 0 Å². The van der Waals surface area contributed by atoms with E-state index in [1.54, 1.807) is 0 Å². The lowest BCUT2D eigenvalue weighted by Gasteiger charge is -2.27. The number of hydrogen-bond donors (Lipinski definition) is 1. The second kappa shape index (κ2) is 5.57. The second-order valence-corrected chi connectivity index (χ2v) is 4.54. The van der Waals surface area contributed by atoms with Crippen LogP contribution in [0.3, 0.4) is 0 Å². The minimum Gasteiger partial charge on any atom is -0.378 e. The topological polar surface area (TPSA) is 9.23 Å². The molecule has 82 valence electrons. The SMILES string of the molecule is SCC(COC1CCC1)c1ccccc1. The highest BCUT2D eigenvalue weighted by Crippen LogP contribution is 2.25. The predicted octanol–water partition coefficient (Wildman–Crippen LogP) is 3.27. The van der Waals surface area contributed by atoms with Gasteiger partial charge in [-0.15, -0.1) is 0 Å². The maximum absolute atomic E-state index is 5.84. The fourth-order valence-corrected chi connectivity index (χ4v) is 2.09. The zero-order chi connectivity index (χ0) is 10.5. The van der Waals surface area contributed by atoms with Crippen LogP contribution in [0.1, 0.15) is 30.7 Å². The Morgan fingerprint density at radius 2 is 2.00 bits per heavy atom. The summed E-state index contributed by atoms with van der Waals surface area (Å²) in [6.07, 6.45) is 4.35. The average molecular weight is 222 g/mol. The predicted molar refractivity (Wildman–Crippen MR) is 66.6 cm³/mol. The van der Waals surface area contributed by atoms with Gasteiger partial charge in [-0.1, -0.05) is 30.3 Å². The van der Waals surface area contributed by atoms with Crippen LogP contribution in [0.5, 0.6) is 0 Å². The van der Waals surface area contributed by atoms with E-state index in [0.717, 1.165) is 12.4 Å². The van der Waals surface area contributed by atoms with E-state index in [1.807, 2.05) is 6.07 Å². The van der Waals surface area contributed by atoms with Gasteiger partial charge in [0.15, 0.2) is 0 Å². The van der Waals surface area contributed by atoms with E-state index in [9.17, 15) is 0 Å². The summed E-state index contributed by atoms with van der Waals surface area (Å²) >= 11 is 4.40. The lowest BCUT2D eigenvalue weighted by Crippen LogP contribution is -2.24. The molecule has 1 aromatic rings. The van der Waals surface area contributed by atoms with Crippen molar-refractivity contribution < 1.29 is 4.74 Å². The van der Waals surface area contributed by atoms with Gasteiger partial charge < -0.3 is 4.74 Å². The molecule has 15 heavy (non-hydrogen) atoms. The van der Waals surface area contributed by atoms with Crippen molar-refractivity contribution in [3.05, 3.63) is 35.9 Å². The Bertz CT molecular complexity index is 282. The van der Waals surface area contributed by atoms with Gasteiger partial charge in [-0.2, -0.15) is 12.6 Å². The van der Waals surface area contributed by atoms with Gasteiger partial charge in [-0.05, 0) is 30.6 Å². The van der Waals surface area contributed by atoms with Crippen molar-refractivity contribution in [3.63, 3.8) is 0 Å². The Kier molecular flexibility index (Phi) is 4.09. The fourth-order valence-electron chi connectivity index (χ4n) is 1.77. The van der Waals surface area contributed by atoms with Gasteiger partial charge >= 0.3 is 0 Å². The zero-order valence-electron chi connectivity index (χ0n) is 8.93. The first-order valence-electron chi connectivity index (χ1n) is 5.67. The lowest BCUT2D eigenvalue weighted by atomic mass is 9.95. The van der Waals surface area contributed by atoms with Crippen LogP contribution in [0.2, 0.25) is 0 Å². The minimum atomic E-state index is 0.440. The van der Waals surface area contributed by atoms with E-state index in [2.05, 4.69) is 36.9 Å². The molecule has 0 N–H and O–H groups in total. The summed E-state index contributed by atoms with van der Waals surface area (Å²) in [5.41, 5.74) is 1.34. The molecular weight excluding hydrogens is 204 g/mol. The molecular formula is C13H18OS. The van der Waals surface area contributed by atoms with E-state index in [4.69, 9.17) is 4.74 Å². The van der Waals surface area contributed by atoms with Gasteiger partial charge in [0.25, 0.3) is 0 Å². The van der Waals surface area contributed by atoms with Gasteiger partial charge in [-0.25, -0.2) is 0 Å². The van der Waals surface area contributed by atoms with Crippen molar-refractivity contribution in [2.75, 3.05) is 12.4 Å². The fraction of sp³-hybridized carbons (Fsp3) is 0.538. The highest BCUT2D eigenvalue weighted by Gasteiger charge is 2.19. The standard InChI is InChI=1S/C13H18OS/c15-10-12(9-14-13-7-4-8-13)11-5-2-1-3-6-11/h1-3,5-6,12-13,15H,4,7-10H2. The summed E-state index contributed by atoms with van der Waals surface area (Å²) in [5.74, 6) is 1.30. The third-order valence-corrected chi connectivity index (χ3v) is 3.52. The first-order valence-corrected chi connectivity index (χ1v) is 6.31. The summed E-state index contributed by atoms with van der Waals surface area (Å²) in [6.45, 7) is 0.818. The van der Waals surface area contributed by atoms with Crippen LogP contribution < -0.4 is 0 Å². The smallest absolute Gasteiger partial charge is 0.0575 e. The van der Waals surface area contributed by atoms with Crippen molar-refractivity contribution in [1.29, 1.82) is 0 Å². The first kappa shape index (κ1) is 11.0. The van der Waals surface area contributed by atoms with Crippen molar-refractivity contribution >= 4 is 12.6 Å². The molecule has 0 spiro atoms. The minimum absolute atomic E-state index is 0.440. The van der Waals surface area contributed by atoms with Crippen LogP contribution in [0.4, 0.5) is 0 Å². The zero-order valence-corrected chi connectivity index (χ0v) is 9.83. The molecule has 1 aliphatic carbocycles. The molecule has 2 heteroatoms. The van der Waals surface area contributed by atoms with Crippen molar-refractivity contribution in [1.82, 2.24) is 0 Å². The van der Waals surface area contributed by atoms with Crippen LogP contribution in [0, 0.1) is 0 Å². The van der Waals surface area contributed by atoms with E-state index < -0.39 is 0 Å². The Labute approximate surface area is 97.2 Å². The molecule has 1 nitrogen and oxygen atoms in total. The third-order valence-electron chi connectivity index (χ3n) is 3.08. The molecule has 0 heterocycles. The molecule has 0 bridgehead atoms. The van der Waals surface area contributed by atoms with Crippen molar-refractivity contribution in [2.24, 2.45) is 0 Å². The normalized spacial score (nSPS) is 18.5. The van der Waals surface area contributed by atoms with Crippen LogP contribution >= 0.6 is 12.6 Å². The average Bonchev–Trinajstić information content (AvgIpc) is 2.23. The Balaban J connectivity index is 1.86. The molecule has 1 aliphatic rings. The Hall–Kier alpha value is -0.470. The number of ether oxygens (including phenoxy) is 1. The summed E-state index contributed by atoms with van der Waals surface area (Å²) in [4.78, 5) is 0. The molecule has 1 unspecified atom stereocenters. The highest BCUT2D eigenvalue weighted by molar-refractivity contribution is 7.80. The van der Waals surface area contributed by atoms with Gasteiger partial charge in [0, 0.05) is 5.92 Å². The Morgan fingerprint density at radius 1 is 1.27 bits per heavy atom. The van der Waals surface area contributed by atoms with E-state index in [0.29, 0.717) is 12.0 Å². The monoisotopic (exact) mass is 222 g/mol. The van der Waals surface area contributed by atoms with Crippen LogP contribution in [-0.4, -0.2) is 18.5 Å². The molecule has 1 saturated carbocycles. The van der Waals surface area contributed by atoms with Crippen molar-refractivity contribution in [2.45, 2.75) is 31.3 Å². The summed E-state index contributed by atoms with van der Waals surface area (Å²) in [5, 5.41) is 0. The van der Waals surface area contributed by atoms with E-state index in [-0.39, 0.29) is 0 Å². The molecule has 0 radical (unpaired) electrons. The molecule has 1 atom stereocenters. The summed E-state index contributed by atoms with van der Waals surface area (Å²) < 4.78 is 5.84. The highest BCUT2D eigenvalue weighted by atomic mass is 32.1. The van der Waals surface area contributed by atoms with E-state index in [1.165, 1.54) is 24.8 Å². The second-order valence-electron chi connectivity index (χ2n) is 4.18.